The van der Waals surface area contributed by atoms with E-state index < -0.39 is 5.97 Å². The normalized spacial score (nSPS) is 21.1. The third kappa shape index (κ3) is 1.05. The predicted molar refractivity (Wildman–Crippen MR) is 45.7 cm³/mol. The van der Waals surface area contributed by atoms with Crippen LogP contribution in [0.2, 0.25) is 0 Å². The van der Waals surface area contributed by atoms with E-state index in [1.54, 1.807) is 0 Å². The monoisotopic (exact) mass is 194 g/mol. The van der Waals surface area contributed by atoms with Crippen molar-refractivity contribution in [3.05, 3.63) is 17.0 Å². The van der Waals surface area contributed by atoms with E-state index in [-0.39, 0.29) is 5.69 Å². The number of carboxylic acid groups (broad SMARTS) is 1. The molecule has 1 aliphatic heterocycles. The summed E-state index contributed by atoms with van der Waals surface area (Å²) < 4.78 is 5.00. The summed E-state index contributed by atoms with van der Waals surface area (Å²) in [5.41, 5.74) is 0.854. The molecule has 5 nitrogen and oxygen atoms in total. The van der Waals surface area contributed by atoms with Gasteiger partial charge in [-0.25, -0.2) is 4.79 Å². The zero-order valence-corrected chi connectivity index (χ0v) is 7.56. The maximum Gasteiger partial charge on any atom is 0.358 e. The molecule has 0 spiro atoms. The molecule has 0 saturated heterocycles. The molecule has 1 aromatic rings. The number of aromatic carboxylic acids is 1. The van der Waals surface area contributed by atoms with Crippen molar-refractivity contribution in [2.45, 2.75) is 32.0 Å². The second-order valence-electron chi connectivity index (χ2n) is 3.87. The van der Waals surface area contributed by atoms with E-state index in [1.807, 2.05) is 0 Å². The predicted octanol–water partition coefficient (Wildman–Crippen LogP) is 0.851. The zero-order valence-electron chi connectivity index (χ0n) is 7.56. The summed E-state index contributed by atoms with van der Waals surface area (Å²) in [5, 5.41) is 12.4. The molecule has 0 atom stereocenters. The fourth-order valence-corrected chi connectivity index (χ4v) is 1.94. The van der Waals surface area contributed by atoms with Crippen LogP contribution in [0.1, 0.15) is 34.7 Å². The molecule has 0 radical (unpaired) electrons. The van der Waals surface area contributed by atoms with Crippen molar-refractivity contribution in [2.75, 3.05) is 0 Å². The lowest BCUT2D eigenvalue weighted by atomic mass is 10.2. The van der Waals surface area contributed by atoms with Crippen molar-refractivity contribution in [2.24, 2.45) is 0 Å². The number of carbonyl (C=O) groups is 1. The van der Waals surface area contributed by atoms with Gasteiger partial charge in [0, 0.05) is 18.2 Å². The first-order valence-corrected chi connectivity index (χ1v) is 4.70. The molecule has 2 heterocycles. The highest BCUT2D eigenvalue weighted by Gasteiger charge is 2.37. The molecule has 0 unspecified atom stereocenters. The van der Waals surface area contributed by atoms with E-state index in [0.717, 1.165) is 17.9 Å². The Morgan fingerprint density at radius 2 is 2.29 bits per heavy atom. The Morgan fingerprint density at radius 3 is 2.93 bits per heavy atom. The Morgan fingerprint density at radius 1 is 1.50 bits per heavy atom. The minimum atomic E-state index is -0.993. The summed E-state index contributed by atoms with van der Waals surface area (Å²) in [6, 6.07) is 0.638. The number of nitrogens with zero attached hydrogens (tertiary/aromatic N) is 2. The fraction of sp³-hybridized carbons (Fsp3) is 0.556. The smallest absolute Gasteiger partial charge is 0.358 e. The second-order valence-corrected chi connectivity index (χ2v) is 3.87. The Balaban J connectivity index is 1.90. The van der Waals surface area contributed by atoms with Gasteiger partial charge in [0.25, 0.3) is 0 Å². The van der Waals surface area contributed by atoms with Crippen molar-refractivity contribution in [1.82, 2.24) is 10.1 Å². The van der Waals surface area contributed by atoms with Crippen LogP contribution >= 0.6 is 0 Å². The van der Waals surface area contributed by atoms with Crippen LogP contribution in [0.5, 0.6) is 0 Å². The van der Waals surface area contributed by atoms with Gasteiger partial charge in [-0.15, -0.1) is 0 Å². The van der Waals surface area contributed by atoms with Crippen LogP contribution in [0.3, 0.4) is 0 Å². The molecule has 1 fully saturated rings. The second kappa shape index (κ2) is 2.57. The Labute approximate surface area is 80.3 Å². The van der Waals surface area contributed by atoms with Crippen LogP contribution in [0.15, 0.2) is 4.52 Å². The van der Waals surface area contributed by atoms with Crippen LogP contribution in [-0.4, -0.2) is 27.2 Å². The molecule has 0 amide bonds. The number of rotatable bonds is 2. The van der Waals surface area contributed by atoms with E-state index in [1.165, 1.54) is 12.8 Å². The summed E-state index contributed by atoms with van der Waals surface area (Å²) in [7, 11) is 0. The number of hydrogen-bond donors (Lipinski definition) is 1. The Hall–Kier alpha value is -1.36. The van der Waals surface area contributed by atoms with Gasteiger partial charge in [0.1, 0.15) is 0 Å². The first-order valence-electron chi connectivity index (χ1n) is 4.70. The SMILES string of the molecule is O=C(O)c1noc2c1CN(C1CC1)C2. The van der Waals surface area contributed by atoms with Gasteiger partial charge in [0.2, 0.25) is 0 Å². The van der Waals surface area contributed by atoms with E-state index in [4.69, 9.17) is 9.63 Å². The van der Waals surface area contributed by atoms with Gasteiger partial charge in [-0.05, 0) is 12.8 Å². The lowest BCUT2D eigenvalue weighted by Crippen LogP contribution is -2.19. The number of fused-ring (bicyclic) bond motifs is 1. The maximum absolute atomic E-state index is 10.8. The van der Waals surface area contributed by atoms with Crippen LogP contribution in [0.4, 0.5) is 0 Å². The van der Waals surface area contributed by atoms with Crippen molar-refractivity contribution >= 4 is 5.97 Å². The highest BCUT2D eigenvalue weighted by Crippen LogP contribution is 2.35. The molecule has 0 aromatic carbocycles. The molecule has 1 saturated carbocycles. The molecule has 1 N–H and O–H groups in total. The molecule has 1 aromatic heterocycles. The van der Waals surface area contributed by atoms with Gasteiger partial charge in [-0.1, -0.05) is 5.16 Å². The van der Waals surface area contributed by atoms with E-state index in [9.17, 15) is 4.79 Å². The third-order valence-corrected chi connectivity index (χ3v) is 2.84. The minimum Gasteiger partial charge on any atom is -0.476 e. The van der Waals surface area contributed by atoms with Gasteiger partial charge in [0.15, 0.2) is 11.5 Å². The molecule has 3 rings (SSSR count). The minimum absolute atomic E-state index is 0.0863. The van der Waals surface area contributed by atoms with Crippen LogP contribution in [0.25, 0.3) is 0 Å². The highest BCUT2D eigenvalue weighted by atomic mass is 16.5. The summed E-state index contributed by atoms with van der Waals surface area (Å²) in [6.45, 7) is 1.41. The Kier molecular flexibility index (Phi) is 1.47. The third-order valence-electron chi connectivity index (χ3n) is 2.84. The summed E-state index contributed by atoms with van der Waals surface area (Å²) >= 11 is 0. The highest BCUT2D eigenvalue weighted by molar-refractivity contribution is 5.87. The van der Waals surface area contributed by atoms with Gasteiger partial charge in [-0.3, -0.25) is 4.90 Å². The quantitative estimate of drug-likeness (QED) is 0.756. The first kappa shape index (κ1) is 7.99. The molecule has 74 valence electrons. The van der Waals surface area contributed by atoms with Crippen LogP contribution in [0, 0.1) is 0 Å². The van der Waals surface area contributed by atoms with Crippen molar-refractivity contribution in [3.63, 3.8) is 0 Å². The van der Waals surface area contributed by atoms with Gasteiger partial charge in [-0.2, -0.15) is 0 Å². The van der Waals surface area contributed by atoms with E-state index in [0.29, 0.717) is 12.6 Å². The van der Waals surface area contributed by atoms with Crippen LogP contribution < -0.4 is 0 Å². The van der Waals surface area contributed by atoms with Crippen molar-refractivity contribution in [3.8, 4) is 0 Å². The lowest BCUT2D eigenvalue weighted by molar-refractivity contribution is 0.0682. The molecule has 14 heavy (non-hydrogen) atoms. The van der Waals surface area contributed by atoms with Gasteiger partial charge < -0.3 is 9.63 Å². The van der Waals surface area contributed by atoms with Gasteiger partial charge in [0.05, 0.1) is 6.54 Å². The molecular weight excluding hydrogens is 184 g/mol. The van der Waals surface area contributed by atoms with Crippen molar-refractivity contribution < 1.29 is 14.4 Å². The fourth-order valence-electron chi connectivity index (χ4n) is 1.94. The standard InChI is InChI=1S/C9H10N2O3/c12-9(13)8-6-3-11(5-1-2-5)4-7(6)14-10-8/h5H,1-4H2,(H,12,13). The average molecular weight is 194 g/mol. The number of hydrogen-bond acceptors (Lipinski definition) is 4. The van der Waals surface area contributed by atoms with Crippen molar-refractivity contribution in [1.29, 1.82) is 0 Å². The summed E-state index contributed by atoms with van der Waals surface area (Å²) in [6.07, 6.45) is 2.44. The van der Waals surface area contributed by atoms with E-state index >= 15 is 0 Å². The molecule has 2 aliphatic rings. The molecular formula is C9H10N2O3. The average Bonchev–Trinajstić information content (AvgIpc) is 2.76. The maximum atomic E-state index is 10.8. The Bertz CT molecular complexity index is 395. The summed E-state index contributed by atoms with van der Waals surface area (Å²) in [5.74, 6) is -0.262. The molecule has 0 bridgehead atoms. The lowest BCUT2D eigenvalue weighted by Gasteiger charge is -2.11. The summed E-state index contributed by atoms with van der Waals surface area (Å²) in [4.78, 5) is 13.0. The zero-order chi connectivity index (χ0) is 9.71. The number of aromatic nitrogens is 1. The van der Waals surface area contributed by atoms with Crippen LogP contribution in [-0.2, 0) is 13.1 Å². The first-order chi connectivity index (χ1) is 6.75. The molecule has 5 heteroatoms. The molecule has 1 aliphatic carbocycles. The largest absolute Gasteiger partial charge is 0.476 e. The number of carboxylic acids is 1. The van der Waals surface area contributed by atoms with E-state index in [2.05, 4.69) is 10.1 Å². The van der Waals surface area contributed by atoms with Gasteiger partial charge >= 0.3 is 5.97 Å². The topological polar surface area (TPSA) is 66.6 Å².